The molecule has 0 bridgehead atoms. The van der Waals surface area contributed by atoms with E-state index in [-0.39, 0.29) is 18.6 Å². The van der Waals surface area contributed by atoms with E-state index < -0.39 is 12.0 Å². The van der Waals surface area contributed by atoms with Crippen molar-refractivity contribution in [2.24, 2.45) is 0 Å². The van der Waals surface area contributed by atoms with Crippen molar-refractivity contribution in [1.82, 2.24) is 25.1 Å². The van der Waals surface area contributed by atoms with Gasteiger partial charge in [0.25, 0.3) is 5.91 Å². The number of methoxy groups -OCH3 is 1. The van der Waals surface area contributed by atoms with E-state index in [4.69, 9.17) is 14.2 Å². The second-order valence-electron chi connectivity index (χ2n) is 9.94. The van der Waals surface area contributed by atoms with Crippen molar-refractivity contribution in [3.05, 3.63) is 33.4 Å². The number of carbonyl (C=O) groups is 2. The number of likely N-dealkylation sites (tertiary alicyclic amines) is 1. The SMILES string of the molecule is COc1cc(C2C(C(=O)OC3CCCCC3)=C(C)Nc3nnnn32)cc(Br)c1OCC(=O)N1CCCCC1. The Kier molecular flexibility index (Phi) is 8.15. The molecule has 1 saturated heterocycles. The molecule has 1 N–H and O–H groups in total. The number of aromatic nitrogens is 4. The zero-order valence-electron chi connectivity index (χ0n) is 21.7. The van der Waals surface area contributed by atoms with Crippen molar-refractivity contribution < 1.29 is 23.8 Å². The highest BCUT2D eigenvalue weighted by atomic mass is 79.9. The Labute approximate surface area is 230 Å². The number of rotatable bonds is 7. The smallest absolute Gasteiger partial charge is 0.338 e. The van der Waals surface area contributed by atoms with Crippen LogP contribution in [0.5, 0.6) is 11.5 Å². The molecule has 1 aromatic heterocycles. The minimum atomic E-state index is -0.647. The number of halogens is 1. The van der Waals surface area contributed by atoms with E-state index >= 15 is 0 Å². The van der Waals surface area contributed by atoms with E-state index in [0.717, 1.165) is 58.0 Å². The number of esters is 1. The second kappa shape index (κ2) is 11.7. The minimum absolute atomic E-state index is 0.0503. The molecule has 2 aromatic rings. The molecule has 3 heterocycles. The molecule has 2 aliphatic heterocycles. The number of carbonyl (C=O) groups excluding carboxylic acids is 2. The van der Waals surface area contributed by atoms with Gasteiger partial charge < -0.3 is 24.4 Å². The number of fused-ring (bicyclic) bond motifs is 1. The van der Waals surface area contributed by atoms with Crippen LogP contribution in [0.25, 0.3) is 0 Å². The van der Waals surface area contributed by atoms with Gasteiger partial charge in [-0.2, -0.15) is 4.68 Å². The fraction of sp³-hybridized carbons (Fsp3) is 0.577. The number of benzene rings is 1. The number of hydrogen-bond acceptors (Lipinski definition) is 9. The van der Waals surface area contributed by atoms with Crippen molar-refractivity contribution >= 4 is 33.8 Å². The van der Waals surface area contributed by atoms with Gasteiger partial charge in [0.1, 0.15) is 12.1 Å². The summed E-state index contributed by atoms with van der Waals surface area (Å²) in [6.07, 6.45) is 8.10. The molecule has 1 aromatic carbocycles. The van der Waals surface area contributed by atoms with Gasteiger partial charge >= 0.3 is 5.97 Å². The first-order valence-corrected chi connectivity index (χ1v) is 14.0. The fourth-order valence-electron chi connectivity index (χ4n) is 5.39. The number of anilines is 1. The van der Waals surface area contributed by atoms with E-state index in [2.05, 4.69) is 36.8 Å². The van der Waals surface area contributed by atoms with Crippen molar-refractivity contribution in [2.75, 3.05) is 32.1 Å². The van der Waals surface area contributed by atoms with Crippen molar-refractivity contribution in [3.8, 4) is 11.5 Å². The van der Waals surface area contributed by atoms with Crippen LogP contribution in [0.1, 0.15) is 69.9 Å². The number of amides is 1. The van der Waals surface area contributed by atoms with Crippen LogP contribution in [0.2, 0.25) is 0 Å². The first-order valence-electron chi connectivity index (χ1n) is 13.2. The van der Waals surface area contributed by atoms with Gasteiger partial charge in [-0.25, -0.2) is 4.79 Å². The Morgan fingerprint density at radius 3 is 2.58 bits per heavy atom. The number of nitrogens with one attached hydrogen (secondary N) is 1. The molecule has 3 aliphatic rings. The number of allylic oxidation sites excluding steroid dienone is 1. The van der Waals surface area contributed by atoms with Crippen molar-refractivity contribution in [1.29, 1.82) is 0 Å². The lowest BCUT2D eigenvalue weighted by Gasteiger charge is -2.30. The van der Waals surface area contributed by atoms with Gasteiger partial charge in [-0.05, 0) is 95.9 Å². The topological polar surface area (TPSA) is 121 Å². The number of piperidine rings is 1. The van der Waals surface area contributed by atoms with E-state index in [1.165, 1.54) is 13.5 Å². The van der Waals surface area contributed by atoms with Gasteiger partial charge in [0, 0.05) is 18.8 Å². The largest absolute Gasteiger partial charge is 0.493 e. The Morgan fingerprint density at radius 2 is 1.84 bits per heavy atom. The number of hydrogen-bond donors (Lipinski definition) is 1. The molecule has 38 heavy (non-hydrogen) atoms. The third-order valence-electron chi connectivity index (χ3n) is 7.38. The third-order valence-corrected chi connectivity index (χ3v) is 7.97. The van der Waals surface area contributed by atoms with E-state index in [1.807, 2.05) is 17.9 Å². The van der Waals surface area contributed by atoms with Crippen molar-refractivity contribution in [3.63, 3.8) is 0 Å². The Morgan fingerprint density at radius 1 is 1.11 bits per heavy atom. The average Bonchev–Trinajstić information content (AvgIpc) is 3.40. The molecule has 12 heteroatoms. The van der Waals surface area contributed by atoms with E-state index in [0.29, 0.717) is 38.8 Å². The normalized spacial score (nSPS) is 20.0. The summed E-state index contributed by atoms with van der Waals surface area (Å²) in [4.78, 5) is 28.0. The van der Waals surface area contributed by atoms with Crippen LogP contribution in [0, 0.1) is 0 Å². The molecule has 1 amide bonds. The summed E-state index contributed by atoms with van der Waals surface area (Å²) in [5.74, 6) is 0.816. The van der Waals surface area contributed by atoms with Crippen LogP contribution in [-0.4, -0.2) is 69.9 Å². The molecule has 1 atom stereocenters. The summed E-state index contributed by atoms with van der Waals surface area (Å²) in [6, 6.07) is 2.98. The Hall–Kier alpha value is -3.15. The molecule has 0 radical (unpaired) electrons. The maximum atomic E-state index is 13.5. The van der Waals surface area contributed by atoms with Gasteiger partial charge in [0.15, 0.2) is 18.1 Å². The van der Waals surface area contributed by atoms with E-state index in [9.17, 15) is 9.59 Å². The molecule has 2 fully saturated rings. The summed E-state index contributed by atoms with van der Waals surface area (Å²) in [5, 5.41) is 15.2. The standard InChI is InChI=1S/C26H33BrN6O5/c1-16-22(25(35)38-18-9-5-3-6-10-18)23(33-26(28-16)29-30-31-33)17-13-19(27)24(20(14-17)36-2)37-15-21(34)32-11-7-4-8-12-32/h13-14,18,23H,3-12,15H2,1-2H3,(H,28,29,31). The predicted molar refractivity (Wildman–Crippen MR) is 142 cm³/mol. The van der Waals surface area contributed by atoms with Crippen LogP contribution in [0.4, 0.5) is 5.95 Å². The average molecular weight is 589 g/mol. The summed E-state index contributed by atoms with van der Waals surface area (Å²) in [6.45, 7) is 3.25. The summed E-state index contributed by atoms with van der Waals surface area (Å²) >= 11 is 3.60. The zero-order chi connectivity index (χ0) is 26.6. The first kappa shape index (κ1) is 26.5. The fourth-order valence-corrected chi connectivity index (χ4v) is 5.96. The van der Waals surface area contributed by atoms with Crippen LogP contribution in [0.15, 0.2) is 27.9 Å². The molecule has 204 valence electrons. The number of tetrazole rings is 1. The molecule has 5 rings (SSSR count). The van der Waals surface area contributed by atoms with Gasteiger partial charge in [-0.3, -0.25) is 4.79 Å². The summed E-state index contributed by atoms with van der Waals surface area (Å²) in [7, 11) is 1.54. The van der Waals surface area contributed by atoms with E-state index in [1.54, 1.807) is 10.7 Å². The summed E-state index contributed by atoms with van der Waals surface area (Å²) in [5.41, 5.74) is 1.76. The maximum Gasteiger partial charge on any atom is 0.338 e. The molecule has 1 saturated carbocycles. The Balaban J connectivity index is 1.43. The zero-order valence-corrected chi connectivity index (χ0v) is 23.3. The van der Waals surface area contributed by atoms with Crippen LogP contribution in [-0.2, 0) is 14.3 Å². The third kappa shape index (κ3) is 5.50. The molecule has 1 aliphatic carbocycles. The highest BCUT2D eigenvalue weighted by molar-refractivity contribution is 9.10. The second-order valence-corrected chi connectivity index (χ2v) is 10.8. The molecular weight excluding hydrogens is 556 g/mol. The van der Waals surface area contributed by atoms with Gasteiger partial charge in [0.05, 0.1) is 17.2 Å². The maximum absolute atomic E-state index is 13.5. The molecule has 11 nitrogen and oxygen atoms in total. The monoisotopic (exact) mass is 588 g/mol. The highest BCUT2D eigenvalue weighted by Gasteiger charge is 2.37. The van der Waals surface area contributed by atoms with Crippen LogP contribution < -0.4 is 14.8 Å². The molecule has 0 spiro atoms. The van der Waals surface area contributed by atoms with Gasteiger partial charge in [0.2, 0.25) is 5.95 Å². The quantitative estimate of drug-likeness (QED) is 0.478. The lowest BCUT2D eigenvalue weighted by atomic mass is 9.94. The predicted octanol–water partition coefficient (Wildman–Crippen LogP) is 4.00. The Bertz CT molecular complexity index is 1220. The molecule has 1 unspecified atom stereocenters. The van der Waals surface area contributed by atoms with Crippen LogP contribution >= 0.6 is 15.9 Å². The van der Waals surface area contributed by atoms with Gasteiger partial charge in [-0.15, -0.1) is 0 Å². The molecular formula is C26H33BrN6O5. The highest BCUT2D eigenvalue weighted by Crippen LogP contribution is 2.43. The lowest BCUT2D eigenvalue weighted by Crippen LogP contribution is -2.38. The lowest BCUT2D eigenvalue weighted by molar-refractivity contribution is -0.146. The first-order chi connectivity index (χ1) is 18.5. The van der Waals surface area contributed by atoms with Gasteiger partial charge in [-0.1, -0.05) is 11.5 Å². The number of ether oxygens (including phenoxy) is 3. The minimum Gasteiger partial charge on any atom is -0.493 e. The van der Waals surface area contributed by atoms with Crippen molar-refractivity contribution in [2.45, 2.75) is 70.4 Å². The number of nitrogens with zero attached hydrogens (tertiary/aromatic N) is 5. The summed E-state index contributed by atoms with van der Waals surface area (Å²) < 4.78 is 19.7. The van der Waals surface area contributed by atoms with Crippen LogP contribution in [0.3, 0.4) is 0 Å².